The van der Waals surface area contributed by atoms with E-state index in [1.165, 1.54) is 50.9 Å². The van der Waals surface area contributed by atoms with E-state index >= 15 is 0 Å². The van der Waals surface area contributed by atoms with Crippen molar-refractivity contribution in [1.29, 1.82) is 0 Å². The van der Waals surface area contributed by atoms with Crippen molar-refractivity contribution in [2.45, 2.75) is 45.1 Å². The lowest BCUT2D eigenvalue weighted by molar-refractivity contribution is 0.269. The number of nitrogens with one attached hydrogen (secondary N) is 1. The quantitative estimate of drug-likeness (QED) is 0.674. The first kappa shape index (κ1) is 15.3. The second-order valence-electron chi connectivity index (χ2n) is 5.49. The Balaban J connectivity index is 1.99. The Labute approximate surface area is 112 Å². The molecule has 0 aromatic rings. The van der Waals surface area contributed by atoms with Gasteiger partial charge in [0.15, 0.2) is 0 Å². The van der Waals surface area contributed by atoms with E-state index in [0.29, 0.717) is 6.04 Å². The van der Waals surface area contributed by atoms with E-state index in [1.54, 1.807) is 0 Å². The lowest BCUT2D eigenvalue weighted by Gasteiger charge is -2.25. The molecule has 0 heterocycles. The van der Waals surface area contributed by atoms with E-state index in [0.717, 1.165) is 12.5 Å². The molecule has 2 nitrogen and oxygen atoms in total. The van der Waals surface area contributed by atoms with Gasteiger partial charge < -0.3 is 10.2 Å². The Hall–Kier alpha value is 0.270. The lowest BCUT2D eigenvalue weighted by atomic mass is 9.89. The van der Waals surface area contributed by atoms with Crippen LogP contribution < -0.4 is 5.32 Å². The first-order valence-corrected chi connectivity index (χ1v) is 8.53. The SMILES string of the molecule is CSCC(C)N(C)CCNCC1CCCCC1. The summed E-state index contributed by atoms with van der Waals surface area (Å²) < 4.78 is 0. The summed E-state index contributed by atoms with van der Waals surface area (Å²) >= 11 is 1.94. The van der Waals surface area contributed by atoms with E-state index in [4.69, 9.17) is 0 Å². The third-order valence-electron chi connectivity index (χ3n) is 3.96. The van der Waals surface area contributed by atoms with Crippen LogP contribution in [0.4, 0.5) is 0 Å². The molecule has 0 bridgehead atoms. The standard InChI is InChI=1S/C14H30N2S/c1-13(12-17-3)16(2)10-9-15-11-14-7-5-4-6-8-14/h13-15H,4-12H2,1-3H3. The maximum Gasteiger partial charge on any atom is 0.0155 e. The summed E-state index contributed by atoms with van der Waals surface area (Å²) in [6.07, 6.45) is 9.46. The van der Waals surface area contributed by atoms with Crippen LogP contribution in [0.5, 0.6) is 0 Å². The second kappa shape index (κ2) is 9.23. The molecule has 0 aromatic heterocycles. The van der Waals surface area contributed by atoms with Crippen LogP contribution in [0.1, 0.15) is 39.0 Å². The van der Waals surface area contributed by atoms with Crippen LogP contribution in [0.2, 0.25) is 0 Å². The lowest BCUT2D eigenvalue weighted by Crippen LogP contribution is -2.37. The molecule has 0 spiro atoms. The van der Waals surface area contributed by atoms with Crippen molar-refractivity contribution in [2.75, 3.05) is 38.7 Å². The van der Waals surface area contributed by atoms with Crippen molar-refractivity contribution < 1.29 is 0 Å². The van der Waals surface area contributed by atoms with E-state index < -0.39 is 0 Å². The van der Waals surface area contributed by atoms with Crippen molar-refractivity contribution in [2.24, 2.45) is 5.92 Å². The van der Waals surface area contributed by atoms with Gasteiger partial charge in [-0.3, -0.25) is 0 Å². The molecule has 0 radical (unpaired) electrons. The molecule has 1 atom stereocenters. The molecule has 0 amide bonds. The van der Waals surface area contributed by atoms with Crippen LogP contribution >= 0.6 is 11.8 Å². The van der Waals surface area contributed by atoms with Crippen LogP contribution in [0, 0.1) is 5.92 Å². The molecule has 1 rings (SSSR count). The van der Waals surface area contributed by atoms with Crippen LogP contribution in [0.25, 0.3) is 0 Å². The van der Waals surface area contributed by atoms with Gasteiger partial charge in [0.25, 0.3) is 0 Å². The Bertz CT molecular complexity index is 181. The maximum absolute atomic E-state index is 3.63. The molecular weight excluding hydrogens is 228 g/mol. The summed E-state index contributed by atoms with van der Waals surface area (Å²) in [4.78, 5) is 2.46. The predicted molar refractivity (Wildman–Crippen MR) is 79.9 cm³/mol. The van der Waals surface area contributed by atoms with E-state index in [-0.39, 0.29) is 0 Å². The minimum Gasteiger partial charge on any atom is -0.315 e. The highest BCUT2D eigenvalue weighted by atomic mass is 32.2. The number of nitrogens with zero attached hydrogens (tertiary/aromatic N) is 1. The zero-order valence-corrected chi connectivity index (χ0v) is 12.7. The number of likely N-dealkylation sites (N-methyl/N-ethyl adjacent to an activating group) is 1. The van der Waals surface area contributed by atoms with Gasteiger partial charge in [0, 0.05) is 24.9 Å². The third kappa shape index (κ3) is 6.68. The minimum absolute atomic E-state index is 0.696. The van der Waals surface area contributed by atoms with E-state index in [1.807, 2.05) is 11.8 Å². The Morgan fingerprint density at radius 3 is 2.65 bits per heavy atom. The highest BCUT2D eigenvalue weighted by molar-refractivity contribution is 7.98. The highest BCUT2D eigenvalue weighted by Gasteiger charge is 2.13. The summed E-state index contributed by atoms with van der Waals surface area (Å²) in [6, 6.07) is 0.696. The Kier molecular flexibility index (Phi) is 8.33. The summed E-state index contributed by atoms with van der Waals surface area (Å²) in [5.41, 5.74) is 0. The second-order valence-corrected chi connectivity index (χ2v) is 6.40. The van der Waals surface area contributed by atoms with Gasteiger partial charge in [-0.25, -0.2) is 0 Å². The summed E-state index contributed by atoms with van der Waals surface area (Å²) in [6.45, 7) is 5.88. The monoisotopic (exact) mass is 258 g/mol. The molecule has 1 aliphatic carbocycles. The molecule has 102 valence electrons. The van der Waals surface area contributed by atoms with Crippen LogP contribution in [0.3, 0.4) is 0 Å². The molecule has 1 fully saturated rings. The van der Waals surface area contributed by atoms with Gasteiger partial charge in [0.1, 0.15) is 0 Å². The number of hydrogen-bond donors (Lipinski definition) is 1. The van der Waals surface area contributed by atoms with Gasteiger partial charge in [-0.15, -0.1) is 0 Å². The average Bonchev–Trinajstić information content (AvgIpc) is 2.36. The Morgan fingerprint density at radius 2 is 2.00 bits per heavy atom. The Morgan fingerprint density at radius 1 is 1.29 bits per heavy atom. The zero-order valence-electron chi connectivity index (χ0n) is 11.9. The molecule has 0 aromatic carbocycles. The van der Waals surface area contributed by atoms with Crippen molar-refractivity contribution in [3.63, 3.8) is 0 Å². The van der Waals surface area contributed by atoms with Crippen LogP contribution in [-0.4, -0.2) is 49.6 Å². The molecule has 1 aliphatic rings. The van der Waals surface area contributed by atoms with Crippen LogP contribution in [0.15, 0.2) is 0 Å². The maximum atomic E-state index is 3.63. The van der Waals surface area contributed by atoms with Gasteiger partial charge in [0.05, 0.1) is 0 Å². The largest absolute Gasteiger partial charge is 0.315 e. The summed E-state index contributed by atoms with van der Waals surface area (Å²) in [5.74, 6) is 2.19. The van der Waals surface area contributed by atoms with Crippen molar-refractivity contribution in [1.82, 2.24) is 10.2 Å². The van der Waals surface area contributed by atoms with E-state index in [9.17, 15) is 0 Å². The molecule has 3 heteroatoms. The topological polar surface area (TPSA) is 15.3 Å². The normalized spacial score (nSPS) is 19.8. The highest BCUT2D eigenvalue weighted by Crippen LogP contribution is 2.22. The van der Waals surface area contributed by atoms with Gasteiger partial charge in [-0.1, -0.05) is 19.3 Å². The third-order valence-corrected chi connectivity index (χ3v) is 4.78. The average molecular weight is 258 g/mol. The molecule has 1 saturated carbocycles. The molecule has 17 heavy (non-hydrogen) atoms. The number of thioether (sulfide) groups is 1. The zero-order chi connectivity index (χ0) is 12.5. The first-order valence-electron chi connectivity index (χ1n) is 7.14. The number of hydrogen-bond acceptors (Lipinski definition) is 3. The summed E-state index contributed by atoms with van der Waals surface area (Å²) in [5, 5.41) is 3.63. The van der Waals surface area contributed by atoms with Gasteiger partial charge in [0.2, 0.25) is 0 Å². The summed E-state index contributed by atoms with van der Waals surface area (Å²) in [7, 11) is 2.24. The van der Waals surface area contributed by atoms with Gasteiger partial charge in [-0.05, 0) is 45.5 Å². The molecule has 0 saturated heterocycles. The van der Waals surface area contributed by atoms with Gasteiger partial charge in [-0.2, -0.15) is 11.8 Å². The van der Waals surface area contributed by atoms with Gasteiger partial charge >= 0.3 is 0 Å². The predicted octanol–water partition coefficient (Wildman–Crippen LogP) is 2.84. The minimum atomic E-state index is 0.696. The van der Waals surface area contributed by atoms with Crippen molar-refractivity contribution >= 4 is 11.8 Å². The first-order chi connectivity index (χ1) is 8.24. The fourth-order valence-corrected chi connectivity index (χ4v) is 3.28. The fourth-order valence-electron chi connectivity index (χ4n) is 2.54. The smallest absolute Gasteiger partial charge is 0.0155 e. The van der Waals surface area contributed by atoms with Crippen molar-refractivity contribution in [3.8, 4) is 0 Å². The number of rotatable bonds is 8. The van der Waals surface area contributed by atoms with Crippen molar-refractivity contribution in [3.05, 3.63) is 0 Å². The molecule has 1 N–H and O–H groups in total. The fraction of sp³-hybridized carbons (Fsp3) is 1.00. The van der Waals surface area contributed by atoms with E-state index in [2.05, 4.69) is 30.4 Å². The van der Waals surface area contributed by atoms with Crippen LogP contribution in [-0.2, 0) is 0 Å². The molecule has 0 aliphatic heterocycles. The molecular formula is C14H30N2S. The molecule has 1 unspecified atom stereocenters.